The van der Waals surface area contributed by atoms with Crippen LogP contribution >= 0.6 is 23.2 Å². The smallest absolute Gasteiger partial charge is 0.0412 e. The fraction of sp³-hybridized carbons (Fsp3) is 0. The lowest BCUT2D eigenvalue weighted by Gasteiger charge is -2.01. The van der Waals surface area contributed by atoms with Crippen molar-refractivity contribution >= 4 is 23.2 Å². The molecule has 0 saturated carbocycles. The topological polar surface area (TPSA) is 0 Å². The second-order valence-electron chi connectivity index (χ2n) is 2.93. The summed E-state index contributed by atoms with van der Waals surface area (Å²) in [4.78, 5) is 0. The van der Waals surface area contributed by atoms with Gasteiger partial charge < -0.3 is 0 Å². The van der Waals surface area contributed by atoms with E-state index in [1.54, 1.807) is 6.07 Å². The summed E-state index contributed by atoms with van der Waals surface area (Å²) in [6, 6.07) is 16.3. The highest BCUT2D eigenvalue weighted by Gasteiger charge is 1.97. The summed E-state index contributed by atoms with van der Waals surface area (Å²) in [5.74, 6) is 0. The fourth-order valence-electron chi connectivity index (χ4n) is 1.24. The molecule has 0 spiro atoms. The van der Waals surface area contributed by atoms with E-state index in [0.29, 0.717) is 5.02 Å². The fourth-order valence-corrected chi connectivity index (χ4v) is 1.55. The van der Waals surface area contributed by atoms with Gasteiger partial charge in [0.05, 0.1) is 0 Å². The summed E-state index contributed by atoms with van der Waals surface area (Å²) in [5, 5.41) is 1.42. The van der Waals surface area contributed by atoms with Gasteiger partial charge in [-0.15, -0.1) is 0 Å². The molecule has 0 bridgehead atoms. The van der Waals surface area contributed by atoms with E-state index in [0.717, 1.165) is 16.1 Å². The average molecular weight is 222 g/mol. The van der Waals surface area contributed by atoms with E-state index < -0.39 is 0 Å². The molecule has 2 heteroatoms. The molecule has 0 aliphatic carbocycles. The molecule has 0 saturated heterocycles. The highest BCUT2D eigenvalue weighted by molar-refractivity contribution is 6.31. The molecular formula is C12H7Cl2. The van der Waals surface area contributed by atoms with E-state index in [4.69, 9.17) is 23.2 Å². The molecule has 0 atom stereocenters. The van der Waals surface area contributed by atoms with E-state index in [1.807, 2.05) is 36.4 Å². The number of hydrogen-bond donors (Lipinski definition) is 0. The molecule has 0 aliphatic heterocycles. The average Bonchev–Trinajstić information content (AvgIpc) is 2.19. The van der Waals surface area contributed by atoms with Crippen LogP contribution in [0.1, 0.15) is 0 Å². The van der Waals surface area contributed by atoms with Crippen LogP contribution in [0.25, 0.3) is 11.1 Å². The number of rotatable bonds is 1. The van der Waals surface area contributed by atoms with Crippen LogP contribution in [0.5, 0.6) is 0 Å². The van der Waals surface area contributed by atoms with E-state index in [2.05, 4.69) is 6.07 Å². The molecular weight excluding hydrogens is 215 g/mol. The molecule has 69 valence electrons. The monoisotopic (exact) mass is 221 g/mol. The minimum absolute atomic E-state index is 0.691. The summed E-state index contributed by atoms with van der Waals surface area (Å²) in [6.07, 6.45) is 0. The van der Waals surface area contributed by atoms with E-state index in [1.165, 1.54) is 0 Å². The molecule has 0 nitrogen and oxygen atoms in total. The van der Waals surface area contributed by atoms with Crippen molar-refractivity contribution < 1.29 is 0 Å². The second-order valence-corrected chi connectivity index (χ2v) is 3.80. The summed E-state index contributed by atoms with van der Waals surface area (Å²) in [7, 11) is 0. The molecule has 0 unspecified atom stereocenters. The Hall–Kier alpha value is -0.980. The number of hydrogen-bond acceptors (Lipinski definition) is 0. The molecule has 2 aromatic carbocycles. The van der Waals surface area contributed by atoms with Crippen molar-refractivity contribution in [3.8, 4) is 11.1 Å². The zero-order chi connectivity index (χ0) is 9.97. The lowest BCUT2D eigenvalue weighted by molar-refractivity contribution is 1.61. The van der Waals surface area contributed by atoms with Crippen molar-refractivity contribution in [2.45, 2.75) is 0 Å². The first-order valence-corrected chi connectivity index (χ1v) is 4.94. The Labute approximate surface area is 93.1 Å². The Morgan fingerprint density at radius 3 is 2.43 bits per heavy atom. The predicted molar refractivity (Wildman–Crippen MR) is 60.7 cm³/mol. The maximum absolute atomic E-state index is 5.89. The number of halogens is 2. The van der Waals surface area contributed by atoms with Crippen molar-refractivity contribution in [3.63, 3.8) is 0 Å². The van der Waals surface area contributed by atoms with Gasteiger partial charge in [0.25, 0.3) is 0 Å². The minimum Gasteiger partial charge on any atom is -0.0843 e. The van der Waals surface area contributed by atoms with E-state index >= 15 is 0 Å². The molecule has 0 aliphatic rings. The van der Waals surface area contributed by atoms with Crippen LogP contribution in [-0.4, -0.2) is 0 Å². The summed E-state index contributed by atoms with van der Waals surface area (Å²) >= 11 is 11.7. The van der Waals surface area contributed by atoms with Gasteiger partial charge in [-0.2, -0.15) is 0 Å². The van der Waals surface area contributed by atoms with Crippen LogP contribution < -0.4 is 0 Å². The highest BCUT2D eigenvalue weighted by atomic mass is 35.5. The lowest BCUT2D eigenvalue weighted by Crippen LogP contribution is -1.77. The molecule has 0 amide bonds. The summed E-state index contributed by atoms with van der Waals surface area (Å²) < 4.78 is 0. The van der Waals surface area contributed by atoms with Gasteiger partial charge in [-0.25, -0.2) is 0 Å². The Morgan fingerprint density at radius 2 is 1.79 bits per heavy atom. The van der Waals surface area contributed by atoms with Gasteiger partial charge in [0, 0.05) is 10.0 Å². The van der Waals surface area contributed by atoms with Crippen LogP contribution in [0.4, 0.5) is 0 Å². The SMILES string of the molecule is Clc1c[c]c(-c2cccc(Cl)c2)cc1. The van der Waals surface area contributed by atoms with Crippen LogP contribution in [0.3, 0.4) is 0 Å². The lowest BCUT2D eigenvalue weighted by atomic mass is 10.1. The first-order valence-electron chi connectivity index (χ1n) is 4.19. The Morgan fingerprint density at radius 1 is 0.929 bits per heavy atom. The molecule has 0 fully saturated rings. The maximum atomic E-state index is 5.89. The normalized spacial score (nSPS) is 10.1. The molecule has 2 rings (SSSR count). The van der Waals surface area contributed by atoms with Crippen LogP contribution in [0, 0.1) is 6.07 Å². The molecule has 1 radical (unpaired) electrons. The third kappa shape index (κ3) is 2.09. The summed E-state index contributed by atoms with van der Waals surface area (Å²) in [6.45, 7) is 0. The Bertz CT molecular complexity index is 432. The molecule has 14 heavy (non-hydrogen) atoms. The quantitative estimate of drug-likeness (QED) is 0.668. The third-order valence-corrected chi connectivity index (χ3v) is 2.38. The standard InChI is InChI=1S/C12H7Cl2/c13-11-6-4-9(5-7-11)10-2-1-3-12(14)8-10/h1-4,6-8H. The zero-order valence-electron chi connectivity index (χ0n) is 7.30. The minimum atomic E-state index is 0.691. The van der Waals surface area contributed by atoms with Gasteiger partial charge in [0.15, 0.2) is 0 Å². The maximum Gasteiger partial charge on any atom is 0.0412 e. The van der Waals surface area contributed by atoms with Gasteiger partial charge >= 0.3 is 0 Å². The highest BCUT2D eigenvalue weighted by Crippen LogP contribution is 2.23. The zero-order valence-corrected chi connectivity index (χ0v) is 8.81. The van der Waals surface area contributed by atoms with Crippen molar-refractivity contribution in [2.75, 3.05) is 0 Å². The van der Waals surface area contributed by atoms with Crippen LogP contribution in [0.15, 0.2) is 42.5 Å². The molecule has 0 aromatic heterocycles. The largest absolute Gasteiger partial charge is 0.0843 e. The summed E-state index contributed by atoms with van der Waals surface area (Å²) in [5.41, 5.74) is 2.05. The molecule has 0 N–H and O–H groups in total. The van der Waals surface area contributed by atoms with Gasteiger partial charge in [-0.1, -0.05) is 41.4 Å². The van der Waals surface area contributed by atoms with Crippen molar-refractivity contribution in [1.29, 1.82) is 0 Å². The van der Waals surface area contributed by atoms with Gasteiger partial charge in [-0.3, -0.25) is 0 Å². The number of benzene rings is 2. The third-order valence-electron chi connectivity index (χ3n) is 1.91. The van der Waals surface area contributed by atoms with Crippen molar-refractivity contribution in [1.82, 2.24) is 0 Å². The van der Waals surface area contributed by atoms with E-state index in [-0.39, 0.29) is 0 Å². The van der Waals surface area contributed by atoms with Gasteiger partial charge in [0.2, 0.25) is 0 Å². The first kappa shape index (κ1) is 9.57. The van der Waals surface area contributed by atoms with Gasteiger partial charge in [-0.05, 0) is 41.5 Å². The van der Waals surface area contributed by atoms with Crippen molar-refractivity contribution in [3.05, 3.63) is 58.6 Å². The first-order chi connectivity index (χ1) is 6.75. The van der Waals surface area contributed by atoms with Gasteiger partial charge in [0.1, 0.15) is 0 Å². The Kier molecular flexibility index (Phi) is 2.76. The predicted octanol–water partition coefficient (Wildman–Crippen LogP) is 4.46. The van der Waals surface area contributed by atoms with Crippen LogP contribution in [0.2, 0.25) is 10.0 Å². The second kappa shape index (κ2) is 4.04. The Balaban J connectivity index is 2.44. The van der Waals surface area contributed by atoms with Crippen LogP contribution in [-0.2, 0) is 0 Å². The molecule has 0 heterocycles. The van der Waals surface area contributed by atoms with Crippen molar-refractivity contribution in [2.24, 2.45) is 0 Å². The van der Waals surface area contributed by atoms with E-state index in [9.17, 15) is 0 Å². The molecule has 2 aromatic rings.